The Balaban J connectivity index is 2.40. The monoisotopic (exact) mass is 281 g/mol. The number of carboxylic acids is 1. The maximum atomic E-state index is 11.7. The second kappa shape index (κ2) is 5.61. The number of carboxylic acid groups (broad SMARTS) is 1. The van der Waals surface area contributed by atoms with Crippen LogP contribution in [0.1, 0.15) is 0 Å². The maximum absolute atomic E-state index is 11.7. The van der Waals surface area contributed by atoms with E-state index >= 15 is 0 Å². The summed E-state index contributed by atoms with van der Waals surface area (Å²) in [7, 11) is 1.53. The smallest absolute Gasteiger partial charge is 0.348 e. The van der Waals surface area contributed by atoms with Crippen LogP contribution in [-0.2, 0) is 4.79 Å². The summed E-state index contributed by atoms with van der Waals surface area (Å²) in [6, 6.07) is 6.87. The molecular weight excluding hydrogens is 270 g/mol. The number of benzene rings is 1. The molecule has 0 spiro atoms. The van der Waals surface area contributed by atoms with Crippen molar-refractivity contribution in [3.05, 3.63) is 34.7 Å². The molecule has 8 heteroatoms. The van der Waals surface area contributed by atoms with Crippen molar-refractivity contribution in [1.29, 1.82) is 0 Å². The third-order valence-electron chi connectivity index (χ3n) is 2.28. The molecule has 0 saturated carbocycles. The largest absolute Gasteiger partial charge is 0.497 e. The van der Waals surface area contributed by atoms with Crippen LogP contribution < -0.4 is 10.4 Å². The fourth-order valence-corrected chi connectivity index (χ4v) is 2.16. The second-order valence-electron chi connectivity index (χ2n) is 3.53. The quantitative estimate of drug-likeness (QED) is 0.785. The minimum absolute atomic E-state index is 0.172. The van der Waals surface area contributed by atoms with E-state index in [4.69, 9.17) is 9.84 Å². The van der Waals surface area contributed by atoms with E-state index in [2.05, 4.69) is 10.2 Å². The number of H-pyrrole nitrogens is 1. The first-order chi connectivity index (χ1) is 9.11. The number of nitrogens with one attached hydrogen (secondary N) is 1. The summed E-state index contributed by atoms with van der Waals surface area (Å²) in [6.45, 7) is 0. The highest BCUT2D eigenvalue weighted by Crippen LogP contribution is 2.20. The Bertz CT molecular complexity index is 649. The van der Waals surface area contributed by atoms with Crippen molar-refractivity contribution < 1.29 is 14.6 Å². The zero-order chi connectivity index (χ0) is 13.8. The van der Waals surface area contributed by atoms with Crippen LogP contribution in [0.25, 0.3) is 5.69 Å². The molecule has 0 aliphatic carbocycles. The molecule has 1 aromatic heterocycles. The van der Waals surface area contributed by atoms with E-state index in [0.717, 1.165) is 11.8 Å². The fourth-order valence-electron chi connectivity index (χ4n) is 1.48. The standard InChI is InChI=1S/C11H11N3O4S/c1-18-8-4-2-3-7(5-8)14-10(17)12-13-11(14)19-6-9(15)16/h2-5H,6H2,1H3,(H,12,17)(H,15,16). The Morgan fingerprint density at radius 3 is 3.05 bits per heavy atom. The Morgan fingerprint density at radius 1 is 1.58 bits per heavy atom. The first kappa shape index (κ1) is 13.2. The van der Waals surface area contributed by atoms with E-state index in [1.807, 2.05) is 0 Å². The lowest BCUT2D eigenvalue weighted by atomic mass is 10.3. The molecule has 0 radical (unpaired) electrons. The van der Waals surface area contributed by atoms with Crippen LogP contribution in [-0.4, -0.2) is 38.7 Å². The van der Waals surface area contributed by atoms with Gasteiger partial charge in [-0.2, -0.15) is 0 Å². The number of hydrogen-bond donors (Lipinski definition) is 2. The molecule has 0 aliphatic heterocycles. The normalized spacial score (nSPS) is 10.4. The van der Waals surface area contributed by atoms with Gasteiger partial charge in [0.05, 0.1) is 18.6 Å². The summed E-state index contributed by atoms with van der Waals surface area (Å²) in [5.41, 5.74) is 0.132. The van der Waals surface area contributed by atoms with Gasteiger partial charge >= 0.3 is 11.7 Å². The van der Waals surface area contributed by atoms with E-state index in [1.54, 1.807) is 24.3 Å². The molecule has 0 aliphatic rings. The van der Waals surface area contributed by atoms with Gasteiger partial charge in [0, 0.05) is 6.07 Å². The van der Waals surface area contributed by atoms with E-state index in [-0.39, 0.29) is 5.75 Å². The van der Waals surface area contributed by atoms with Crippen LogP contribution in [0.15, 0.2) is 34.2 Å². The van der Waals surface area contributed by atoms with Crippen LogP contribution in [0, 0.1) is 0 Å². The molecule has 1 heterocycles. The minimum atomic E-state index is -0.974. The number of thioether (sulfide) groups is 1. The molecule has 2 aromatic rings. The molecule has 0 fully saturated rings. The highest BCUT2D eigenvalue weighted by molar-refractivity contribution is 7.99. The number of methoxy groups -OCH3 is 1. The average molecular weight is 281 g/mol. The van der Waals surface area contributed by atoms with Gasteiger partial charge in [-0.25, -0.2) is 14.5 Å². The Labute approximate surface area is 112 Å². The van der Waals surface area contributed by atoms with Gasteiger partial charge in [0.2, 0.25) is 0 Å². The van der Waals surface area contributed by atoms with Crippen LogP contribution in [0.4, 0.5) is 0 Å². The summed E-state index contributed by atoms with van der Waals surface area (Å²) >= 11 is 0.965. The predicted molar refractivity (Wildman–Crippen MR) is 69.1 cm³/mol. The minimum Gasteiger partial charge on any atom is -0.497 e. The van der Waals surface area contributed by atoms with Gasteiger partial charge in [-0.15, -0.1) is 5.10 Å². The van der Waals surface area contributed by atoms with Crippen molar-refractivity contribution >= 4 is 17.7 Å². The zero-order valence-electron chi connectivity index (χ0n) is 9.99. The molecule has 0 unspecified atom stereocenters. The zero-order valence-corrected chi connectivity index (χ0v) is 10.8. The molecular formula is C11H11N3O4S. The number of aromatic nitrogens is 3. The van der Waals surface area contributed by atoms with E-state index in [9.17, 15) is 9.59 Å². The maximum Gasteiger partial charge on any atom is 0.348 e. The Morgan fingerprint density at radius 2 is 2.37 bits per heavy atom. The number of hydrogen-bond acceptors (Lipinski definition) is 5. The number of rotatable bonds is 5. The van der Waals surface area contributed by atoms with Crippen molar-refractivity contribution in [3.63, 3.8) is 0 Å². The number of carbonyl (C=O) groups is 1. The van der Waals surface area contributed by atoms with Gasteiger partial charge in [0.25, 0.3) is 0 Å². The third-order valence-corrected chi connectivity index (χ3v) is 3.20. The summed E-state index contributed by atoms with van der Waals surface area (Å²) in [6.07, 6.45) is 0. The van der Waals surface area contributed by atoms with Gasteiger partial charge in [-0.1, -0.05) is 17.8 Å². The van der Waals surface area contributed by atoms with Crippen molar-refractivity contribution in [2.75, 3.05) is 12.9 Å². The van der Waals surface area contributed by atoms with Gasteiger partial charge in [-0.3, -0.25) is 4.79 Å². The summed E-state index contributed by atoms with van der Waals surface area (Å²) in [4.78, 5) is 22.3. The molecule has 2 N–H and O–H groups in total. The van der Waals surface area contributed by atoms with Crippen molar-refractivity contribution in [3.8, 4) is 11.4 Å². The van der Waals surface area contributed by atoms with Crippen molar-refractivity contribution in [2.24, 2.45) is 0 Å². The van der Waals surface area contributed by atoms with E-state index in [1.165, 1.54) is 11.7 Å². The van der Waals surface area contributed by atoms with Crippen molar-refractivity contribution in [2.45, 2.75) is 5.16 Å². The summed E-state index contributed by atoms with van der Waals surface area (Å²) < 4.78 is 6.39. The molecule has 0 atom stereocenters. The lowest BCUT2D eigenvalue weighted by molar-refractivity contribution is -0.133. The third kappa shape index (κ3) is 2.97. The molecule has 0 saturated heterocycles. The fraction of sp³-hybridized carbons (Fsp3) is 0.182. The average Bonchev–Trinajstić information content (AvgIpc) is 2.77. The van der Waals surface area contributed by atoms with Gasteiger partial charge in [0.15, 0.2) is 5.16 Å². The lowest BCUT2D eigenvalue weighted by Gasteiger charge is -2.06. The second-order valence-corrected chi connectivity index (χ2v) is 4.47. The van der Waals surface area contributed by atoms with Gasteiger partial charge in [-0.05, 0) is 12.1 Å². The highest BCUT2D eigenvalue weighted by atomic mass is 32.2. The first-order valence-corrected chi connectivity index (χ1v) is 6.27. The number of aromatic amines is 1. The Kier molecular flexibility index (Phi) is 3.91. The van der Waals surface area contributed by atoms with E-state index < -0.39 is 11.7 Å². The first-order valence-electron chi connectivity index (χ1n) is 5.28. The Hall–Kier alpha value is -2.22. The molecule has 2 rings (SSSR count). The topological polar surface area (TPSA) is 97.2 Å². The van der Waals surface area contributed by atoms with E-state index in [0.29, 0.717) is 16.6 Å². The SMILES string of the molecule is COc1cccc(-n2c(SCC(=O)O)n[nH]c2=O)c1. The molecule has 0 bridgehead atoms. The van der Waals surface area contributed by atoms with Crippen molar-refractivity contribution in [1.82, 2.24) is 14.8 Å². The predicted octanol–water partition coefficient (Wildman–Crippen LogP) is 0.746. The highest BCUT2D eigenvalue weighted by Gasteiger charge is 2.12. The van der Waals surface area contributed by atoms with Crippen LogP contribution in [0.3, 0.4) is 0 Å². The number of ether oxygens (including phenoxy) is 1. The van der Waals surface area contributed by atoms with Crippen LogP contribution in [0.5, 0.6) is 5.75 Å². The number of aliphatic carboxylic acids is 1. The molecule has 7 nitrogen and oxygen atoms in total. The number of nitrogens with zero attached hydrogens (tertiary/aromatic N) is 2. The molecule has 19 heavy (non-hydrogen) atoms. The summed E-state index contributed by atoms with van der Waals surface area (Å²) in [5.74, 6) is -0.550. The molecule has 1 aromatic carbocycles. The molecule has 100 valence electrons. The van der Waals surface area contributed by atoms with Gasteiger partial charge in [0.1, 0.15) is 5.75 Å². The lowest BCUT2D eigenvalue weighted by Crippen LogP contribution is -2.15. The van der Waals surface area contributed by atoms with Gasteiger partial charge < -0.3 is 9.84 Å². The van der Waals surface area contributed by atoms with Crippen LogP contribution in [0.2, 0.25) is 0 Å². The molecule has 0 amide bonds. The van der Waals surface area contributed by atoms with Crippen LogP contribution >= 0.6 is 11.8 Å². The summed E-state index contributed by atoms with van der Waals surface area (Å²) in [5, 5.41) is 15.1.